The summed E-state index contributed by atoms with van der Waals surface area (Å²) in [7, 11) is 0. The van der Waals surface area contributed by atoms with Crippen molar-refractivity contribution < 1.29 is 4.79 Å². The lowest BCUT2D eigenvalue weighted by molar-refractivity contribution is 0.0533. The molecule has 1 atom stereocenters. The molecule has 2 fully saturated rings. The zero-order valence-corrected chi connectivity index (χ0v) is 14.3. The molecular formula is C18H28N4O. The van der Waals surface area contributed by atoms with Gasteiger partial charge in [-0.05, 0) is 43.2 Å². The molecule has 0 radical (unpaired) electrons. The third kappa shape index (κ3) is 3.34. The van der Waals surface area contributed by atoms with Gasteiger partial charge >= 0.3 is 0 Å². The minimum absolute atomic E-state index is 0.0403. The molecular weight excluding hydrogens is 288 g/mol. The number of carbonyl (C=O) groups is 1. The van der Waals surface area contributed by atoms with Crippen molar-refractivity contribution in [3.05, 3.63) is 23.9 Å². The highest BCUT2D eigenvalue weighted by molar-refractivity contribution is 5.99. The van der Waals surface area contributed by atoms with Crippen molar-refractivity contribution in [1.82, 2.24) is 9.88 Å². The number of aromatic nitrogens is 1. The van der Waals surface area contributed by atoms with Gasteiger partial charge in [0.25, 0.3) is 5.91 Å². The third-order valence-corrected chi connectivity index (χ3v) is 5.27. The van der Waals surface area contributed by atoms with Crippen molar-refractivity contribution >= 4 is 11.7 Å². The fourth-order valence-corrected chi connectivity index (χ4v) is 3.64. The van der Waals surface area contributed by atoms with Crippen LogP contribution in [0.3, 0.4) is 0 Å². The number of nitrogens with zero attached hydrogens (tertiary/aromatic N) is 3. The normalized spacial score (nSPS) is 24.6. The average Bonchev–Trinajstić information content (AvgIpc) is 2.57. The minimum Gasteiger partial charge on any atom is -0.356 e. The van der Waals surface area contributed by atoms with Crippen LogP contribution in [0.15, 0.2) is 18.3 Å². The molecule has 2 aliphatic rings. The molecule has 126 valence electrons. The van der Waals surface area contributed by atoms with E-state index in [4.69, 9.17) is 5.73 Å². The first kappa shape index (κ1) is 16.2. The van der Waals surface area contributed by atoms with Crippen molar-refractivity contribution in [3.8, 4) is 0 Å². The second kappa shape index (κ2) is 6.48. The van der Waals surface area contributed by atoms with Crippen LogP contribution in [0.2, 0.25) is 0 Å². The summed E-state index contributed by atoms with van der Waals surface area (Å²) in [6, 6.07) is 3.93. The van der Waals surface area contributed by atoms with Crippen molar-refractivity contribution in [2.24, 2.45) is 11.1 Å². The van der Waals surface area contributed by atoms with Crippen molar-refractivity contribution in [3.63, 3.8) is 0 Å². The predicted octanol–water partition coefficient (Wildman–Crippen LogP) is 2.27. The molecule has 1 aromatic rings. The summed E-state index contributed by atoms with van der Waals surface area (Å²) >= 11 is 0. The summed E-state index contributed by atoms with van der Waals surface area (Å²) in [5.41, 5.74) is 6.90. The molecule has 0 saturated carbocycles. The van der Waals surface area contributed by atoms with Gasteiger partial charge in [-0.25, -0.2) is 4.98 Å². The summed E-state index contributed by atoms with van der Waals surface area (Å²) < 4.78 is 0. The number of likely N-dealkylation sites (tertiary alicyclic amines) is 1. The number of nitrogens with two attached hydrogens (primary N) is 1. The maximum absolute atomic E-state index is 13.1. The highest BCUT2D eigenvalue weighted by Gasteiger charge is 2.36. The van der Waals surface area contributed by atoms with Gasteiger partial charge in [0.05, 0.1) is 5.56 Å². The summed E-state index contributed by atoms with van der Waals surface area (Å²) in [4.78, 5) is 21.8. The Labute approximate surface area is 138 Å². The molecule has 1 aromatic heterocycles. The Morgan fingerprint density at radius 2 is 2.00 bits per heavy atom. The van der Waals surface area contributed by atoms with Crippen LogP contribution in [-0.2, 0) is 0 Å². The van der Waals surface area contributed by atoms with Crippen LogP contribution >= 0.6 is 0 Å². The summed E-state index contributed by atoms with van der Waals surface area (Å²) in [6.07, 6.45) is 6.27. The molecule has 1 amide bonds. The van der Waals surface area contributed by atoms with Crippen LogP contribution < -0.4 is 10.6 Å². The number of piperidine rings is 2. The highest BCUT2D eigenvalue weighted by atomic mass is 16.2. The summed E-state index contributed by atoms with van der Waals surface area (Å²) in [5.74, 6) is 0.948. The maximum Gasteiger partial charge on any atom is 0.257 e. The number of hydrogen-bond donors (Lipinski definition) is 1. The van der Waals surface area contributed by atoms with Crippen LogP contribution in [0.1, 0.15) is 49.9 Å². The molecule has 2 aliphatic heterocycles. The van der Waals surface area contributed by atoms with E-state index >= 15 is 0 Å². The number of rotatable bonds is 2. The second-order valence-corrected chi connectivity index (χ2v) is 7.53. The number of amides is 1. The van der Waals surface area contributed by atoms with Crippen LogP contribution in [-0.4, -0.2) is 48.0 Å². The van der Waals surface area contributed by atoms with E-state index in [2.05, 4.69) is 23.7 Å². The molecule has 0 bridgehead atoms. The van der Waals surface area contributed by atoms with E-state index in [0.29, 0.717) is 6.54 Å². The largest absolute Gasteiger partial charge is 0.356 e. The first-order chi connectivity index (χ1) is 11.0. The third-order valence-electron chi connectivity index (χ3n) is 5.27. The minimum atomic E-state index is -0.0403. The molecule has 3 heterocycles. The van der Waals surface area contributed by atoms with E-state index < -0.39 is 0 Å². The van der Waals surface area contributed by atoms with Crippen LogP contribution in [0.25, 0.3) is 0 Å². The molecule has 2 saturated heterocycles. The van der Waals surface area contributed by atoms with Gasteiger partial charge in [-0.15, -0.1) is 0 Å². The van der Waals surface area contributed by atoms with Gasteiger partial charge < -0.3 is 15.5 Å². The summed E-state index contributed by atoms with van der Waals surface area (Å²) in [5, 5.41) is 0. The Balaban J connectivity index is 1.82. The van der Waals surface area contributed by atoms with E-state index in [1.54, 1.807) is 6.20 Å². The molecule has 5 nitrogen and oxygen atoms in total. The molecule has 3 rings (SSSR count). The smallest absolute Gasteiger partial charge is 0.257 e. The molecule has 0 aliphatic carbocycles. The number of hydrogen-bond acceptors (Lipinski definition) is 4. The Bertz CT molecular complexity index is 566. The number of anilines is 1. The van der Waals surface area contributed by atoms with E-state index in [1.165, 1.54) is 19.3 Å². The van der Waals surface area contributed by atoms with Gasteiger partial charge in [-0.2, -0.15) is 0 Å². The Morgan fingerprint density at radius 1 is 1.26 bits per heavy atom. The zero-order chi connectivity index (χ0) is 16.4. The summed E-state index contributed by atoms with van der Waals surface area (Å²) in [6.45, 7) is 7.72. The van der Waals surface area contributed by atoms with Crippen molar-refractivity contribution in [2.75, 3.05) is 31.1 Å². The molecule has 0 spiro atoms. The lowest BCUT2D eigenvalue weighted by Crippen LogP contribution is -2.54. The maximum atomic E-state index is 13.1. The fraction of sp³-hybridized carbons (Fsp3) is 0.667. The lowest BCUT2D eigenvalue weighted by Gasteiger charge is -2.43. The van der Waals surface area contributed by atoms with E-state index in [1.807, 2.05) is 17.0 Å². The molecule has 0 aromatic carbocycles. The number of carbonyl (C=O) groups excluding carboxylic acids is 1. The topological polar surface area (TPSA) is 62.5 Å². The van der Waals surface area contributed by atoms with Gasteiger partial charge in [-0.3, -0.25) is 4.79 Å². The van der Waals surface area contributed by atoms with E-state index in [9.17, 15) is 4.79 Å². The van der Waals surface area contributed by atoms with E-state index in [-0.39, 0.29) is 17.4 Å². The SMILES string of the molecule is CC1(C)CN(C(=O)c2cccnc2N2CCCCC2)CCC1N. The first-order valence-electron chi connectivity index (χ1n) is 8.74. The van der Waals surface area contributed by atoms with E-state index in [0.717, 1.165) is 37.4 Å². The predicted molar refractivity (Wildman–Crippen MR) is 92.6 cm³/mol. The van der Waals surface area contributed by atoms with Crippen LogP contribution in [0, 0.1) is 5.41 Å². The van der Waals surface area contributed by atoms with Gasteiger partial charge in [0, 0.05) is 38.4 Å². The van der Waals surface area contributed by atoms with Crippen molar-refractivity contribution in [1.29, 1.82) is 0 Å². The van der Waals surface area contributed by atoms with Crippen molar-refractivity contribution in [2.45, 2.75) is 45.6 Å². The fourth-order valence-electron chi connectivity index (χ4n) is 3.64. The molecule has 1 unspecified atom stereocenters. The van der Waals surface area contributed by atoms with Gasteiger partial charge in [0.2, 0.25) is 0 Å². The number of pyridine rings is 1. The lowest BCUT2D eigenvalue weighted by atomic mass is 9.79. The highest BCUT2D eigenvalue weighted by Crippen LogP contribution is 2.30. The van der Waals surface area contributed by atoms with Crippen LogP contribution in [0.5, 0.6) is 0 Å². The van der Waals surface area contributed by atoms with Gasteiger partial charge in [0.15, 0.2) is 0 Å². The molecule has 23 heavy (non-hydrogen) atoms. The standard InChI is InChI=1S/C18H28N4O/c1-18(2)13-22(12-8-15(18)19)17(23)14-7-6-9-20-16(14)21-10-4-3-5-11-21/h6-7,9,15H,3-5,8,10-13,19H2,1-2H3. The second-order valence-electron chi connectivity index (χ2n) is 7.53. The zero-order valence-electron chi connectivity index (χ0n) is 14.3. The first-order valence-corrected chi connectivity index (χ1v) is 8.74. The average molecular weight is 316 g/mol. The Kier molecular flexibility index (Phi) is 4.57. The molecule has 2 N–H and O–H groups in total. The van der Waals surface area contributed by atoms with Gasteiger partial charge in [0.1, 0.15) is 5.82 Å². The Hall–Kier alpha value is -1.62. The van der Waals surface area contributed by atoms with Crippen LogP contribution in [0.4, 0.5) is 5.82 Å². The quantitative estimate of drug-likeness (QED) is 0.909. The molecule has 5 heteroatoms. The van der Waals surface area contributed by atoms with Gasteiger partial charge in [-0.1, -0.05) is 13.8 Å². The Morgan fingerprint density at radius 3 is 2.70 bits per heavy atom. The monoisotopic (exact) mass is 316 g/mol.